The molecule has 4 atom stereocenters. The molecule has 730 valence electrons. The zero-order valence-corrected chi connectivity index (χ0v) is 85.5. The van der Waals surface area contributed by atoms with E-state index in [4.69, 9.17) is 18.9 Å². The van der Waals surface area contributed by atoms with Crippen LogP contribution in [-0.2, 0) is 67.6 Å². The van der Waals surface area contributed by atoms with Crippen molar-refractivity contribution in [3.05, 3.63) is 382 Å². The van der Waals surface area contributed by atoms with Gasteiger partial charge in [-0.3, -0.25) is 9.59 Å². The maximum Gasteiger partial charge on any atom is 0.338 e. The lowest BCUT2D eigenvalue weighted by molar-refractivity contribution is -0.146. The lowest BCUT2D eigenvalue weighted by Crippen LogP contribution is -2.07. The summed E-state index contributed by atoms with van der Waals surface area (Å²) in [5.41, 5.74) is 14.0. The quantitative estimate of drug-likeness (QED) is 0.0161. The fourth-order valence-corrected chi connectivity index (χ4v) is 21.3. The largest absolute Gasteiger partial charge is 0.462 e. The van der Waals surface area contributed by atoms with Gasteiger partial charge in [-0.05, 0) is 316 Å². The molecule has 0 N–H and O–H groups in total. The average molecular weight is 1890 g/mol. The molecule has 0 radical (unpaired) electrons. The second-order valence-electron chi connectivity index (χ2n) is 40.4. The number of ether oxygens (including phenoxy) is 4. The summed E-state index contributed by atoms with van der Waals surface area (Å²) < 4.78 is 22.2. The van der Waals surface area contributed by atoms with E-state index in [2.05, 4.69) is 322 Å². The van der Waals surface area contributed by atoms with E-state index in [1.165, 1.54) is 240 Å². The molecule has 0 heterocycles. The highest BCUT2D eigenvalue weighted by atomic mass is 16.5. The summed E-state index contributed by atoms with van der Waals surface area (Å²) in [6.45, 7) is 19.1. The molecule has 4 unspecified atom stereocenters. The van der Waals surface area contributed by atoms with E-state index in [1.807, 2.05) is 48.5 Å². The van der Waals surface area contributed by atoms with Crippen LogP contribution in [0.3, 0.4) is 0 Å². The molecule has 0 fully saturated rings. The molecular weight excluding hydrogens is 1750 g/mol. The third-order valence-corrected chi connectivity index (χ3v) is 30.8. The molecule has 20 rings (SSSR count). The molecule has 0 bridgehead atoms. The van der Waals surface area contributed by atoms with Crippen LogP contribution in [0, 0.1) is 0 Å². The number of hydrogen-bond donors (Lipinski definition) is 0. The number of rotatable bonds is 43. The molecule has 0 saturated carbocycles. The molecule has 0 saturated heterocycles. The summed E-state index contributed by atoms with van der Waals surface area (Å²) in [6.07, 6.45) is 29.9. The minimum Gasteiger partial charge on any atom is -0.462 e. The summed E-state index contributed by atoms with van der Waals surface area (Å²) >= 11 is 0. The number of carbonyl (C=O) groups is 4. The number of aryl methyl sites for hydroxylation is 3. The fourth-order valence-electron chi connectivity index (χ4n) is 21.3. The van der Waals surface area contributed by atoms with E-state index in [1.54, 1.807) is 0 Å². The summed E-state index contributed by atoms with van der Waals surface area (Å²) in [7, 11) is 0. The van der Waals surface area contributed by atoms with Crippen molar-refractivity contribution in [2.45, 2.75) is 272 Å². The predicted molar refractivity (Wildman–Crippen MR) is 604 cm³/mol. The van der Waals surface area contributed by atoms with Gasteiger partial charge < -0.3 is 18.9 Å². The van der Waals surface area contributed by atoms with Crippen LogP contribution in [0.2, 0.25) is 0 Å². The molecule has 0 amide bonds. The molecule has 0 aromatic heterocycles. The third kappa shape index (κ3) is 24.9. The Balaban J connectivity index is 0.000000132. The Kier molecular flexibility index (Phi) is 34.9. The molecular formula is C135H142O8. The van der Waals surface area contributed by atoms with E-state index in [-0.39, 0.29) is 30.5 Å². The van der Waals surface area contributed by atoms with Gasteiger partial charge in [-0.25, -0.2) is 9.59 Å². The van der Waals surface area contributed by atoms with Crippen molar-refractivity contribution < 1.29 is 38.1 Å². The zero-order valence-electron chi connectivity index (χ0n) is 85.5. The molecule has 20 aromatic carbocycles. The van der Waals surface area contributed by atoms with Crippen LogP contribution in [0.4, 0.5) is 0 Å². The van der Waals surface area contributed by atoms with E-state index in [0.29, 0.717) is 67.5 Å². The molecule has 0 aliphatic rings. The van der Waals surface area contributed by atoms with Gasteiger partial charge in [-0.1, -0.05) is 424 Å². The van der Waals surface area contributed by atoms with Crippen molar-refractivity contribution in [2.24, 2.45) is 0 Å². The Morgan fingerprint density at radius 1 is 0.210 bits per heavy atom. The van der Waals surface area contributed by atoms with Gasteiger partial charge in [-0.15, -0.1) is 0 Å². The van der Waals surface area contributed by atoms with Crippen LogP contribution in [0.5, 0.6) is 0 Å². The van der Waals surface area contributed by atoms with Crippen LogP contribution in [-0.4, -0.2) is 30.5 Å². The Labute approximate surface area is 846 Å². The molecule has 0 aliphatic carbocycles. The van der Waals surface area contributed by atoms with Gasteiger partial charge in [-0.2, -0.15) is 0 Å². The first-order chi connectivity index (χ1) is 70.1. The minimum atomic E-state index is -0.281. The summed E-state index contributed by atoms with van der Waals surface area (Å²) in [4.78, 5) is 49.2. The first-order valence-electron chi connectivity index (χ1n) is 53.7. The standard InChI is InChI=1S/C39H46O2.C37H42O2.C31H30O2.C28H24O2/c1-3-29(2)31-20-18-30(19-21-31)28-41-37(40)17-12-10-8-6-4-5-7-9-11-14-32-22-23-35-25-24-33-15-13-16-34-26-27-36(32)39(35)38(33)34;1-3-27(2)29-18-16-28(17-19-29)26-39-35(38)15-10-8-6-4-5-7-9-12-30-20-21-33-23-22-31-13-11-14-32-24-25-34(30)37(33)36(31)32;1-3-21(2)22-10-16-27(17-11-22)31(32)33-20-5-4-7-23-12-13-26-15-14-24-8-6-9-25-18-19-28(23)30(26)29(24)25;1-3-18(2)19-7-12-23(13-8-19)28(29)30-17-24-14-11-22-10-9-20-5-4-6-21-15-16-25(24)27(22)26(20)21/h13,15-16,18-27,29H,3-12,14,17,28H2,1-2H3;11,13-14,16-25,27H,3-10,12,15,26H2,1-2H3;6,8-19,21H,3-5,7,20H2,1-2H3;4-16,18H,3,17H2,1-2H3. The zero-order chi connectivity index (χ0) is 98.9. The van der Waals surface area contributed by atoms with Crippen molar-refractivity contribution in [3.8, 4) is 0 Å². The summed E-state index contributed by atoms with van der Waals surface area (Å²) in [5.74, 6) is 1.49. The average Bonchev–Trinajstić information content (AvgIpc) is 0.754. The number of hydrogen-bond acceptors (Lipinski definition) is 8. The molecule has 8 heteroatoms. The van der Waals surface area contributed by atoms with Gasteiger partial charge in [0.15, 0.2) is 0 Å². The van der Waals surface area contributed by atoms with Gasteiger partial charge in [0.1, 0.15) is 19.8 Å². The topological polar surface area (TPSA) is 105 Å². The monoisotopic (exact) mass is 1890 g/mol. The Morgan fingerprint density at radius 2 is 0.441 bits per heavy atom. The Hall–Kier alpha value is -13.6. The van der Waals surface area contributed by atoms with E-state index >= 15 is 0 Å². The van der Waals surface area contributed by atoms with Crippen LogP contribution in [0.25, 0.3) is 129 Å². The summed E-state index contributed by atoms with van der Waals surface area (Å²) in [6, 6.07) is 113. The van der Waals surface area contributed by atoms with Crippen molar-refractivity contribution in [2.75, 3.05) is 6.61 Å². The van der Waals surface area contributed by atoms with Crippen LogP contribution >= 0.6 is 0 Å². The van der Waals surface area contributed by atoms with E-state index < -0.39 is 0 Å². The van der Waals surface area contributed by atoms with Crippen molar-refractivity contribution in [1.82, 2.24) is 0 Å². The fraction of sp³-hybridized carbons (Fsp3) is 0.319. The first kappa shape index (κ1) is 101. The smallest absolute Gasteiger partial charge is 0.338 e. The van der Waals surface area contributed by atoms with Crippen LogP contribution in [0.15, 0.2) is 315 Å². The molecule has 0 aliphatic heterocycles. The van der Waals surface area contributed by atoms with Gasteiger partial charge >= 0.3 is 23.9 Å². The third-order valence-electron chi connectivity index (χ3n) is 30.8. The van der Waals surface area contributed by atoms with Gasteiger partial charge in [0.05, 0.1) is 17.7 Å². The van der Waals surface area contributed by atoms with Gasteiger partial charge in [0.25, 0.3) is 0 Å². The number of benzene rings is 20. The van der Waals surface area contributed by atoms with Gasteiger partial charge in [0, 0.05) is 12.8 Å². The molecule has 20 aromatic rings. The maximum atomic E-state index is 12.6. The molecule has 8 nitrogen and oxygen atoms in total. The van der Waals surface area contributed by atoms with Crippen LogP contribution in [0.1, 0.15) is 310 Å². The second-order valence-corrected chi connectivity index (χ2v) is 40.4. The first-order valence-corrected chi connectivity index (χ1v) is 53.7. The highest BCUT2D eigenvalue weighted by Gasteiger charge is 2.21. The number of unbranched alkanes of at least 4 members (excludes halogenated alkanes) is 15. The lowest BCUT2D eigenvalue weighted by Gasteiger charge is -2.14. The van der Waals surface area contributed by atoms with E-state index in [9.17, 15) is 19.2 Å². The van der Waals surface area contributed by atoms with Crippen LogP contribution < -0.4 is 0 Å². The second kappa shape index (κ2) is 49.4. The van der Waals surface area contributed by atoms with Crippen molar-refractivity contribution >= 4 is 153 Å². The Bertz CT molecular complexity index is 7510. The highest BCUT2D eigenvalue weighted by molar-refractivity contribution is 6.27. The molecule has 0 spiro atoms. The van der Waals surface area contributed by atoms with E-state index in [0.717, 1.165) is 106 Å². The molecule has 143 heavy (non-hydrogen) atoms. The number of esters is 4. The minimum absolute atomic E-state index is 0.0688. The maximum absolute atomic E-state index is 12.6. The summed E-state index contributed by atoms with van der Waals surface area (Å²) in [5, 5.41) is 32.0. The lowest BCUT2D eigenvalue weighted by atomic mass is 9.90. The SMILES string of the molecule is CCC(C)c1ccc(C(=O)OCCCCc2ccc3ccc4cccc5ccc2c3c45)cc1.CCC(C)c1ccc(C(=O)OCc2ccc3ccc4cccc5ccc2c3c45)cc1.CCC(C)c1ccc(COC(=O)CCCCCCCCCCCc2ccc3ccc4cccc5ccc2c3c45)cc1.CCC(C)c1ccc(COC(=O)CCCCCCCCCc2ccc3ccc4cccc5ccc2c3c45)cc1. The number of carbonyl (C=O) groups excluding carboxylic acids is 4. The van der Waals surface area contributed by atoms with Crippen molar-refractivity contribution in [3.63, 3.8) is 0 Å². The van der Waals surface area contributed by atoms with Crippen molar-refractivity contribution in [1.29, 1.82) is 0 Å². The van der Waals surface area contributed by atoms with Gasteiger partial charge in [0.2, 0.25) is 0 Å². The Morgan fingerprint density at radius 3 is 0.734 bits per heavy atom. The normalized spacial score (nSPS) is 12.5. The highest BCUT2D eigenvalue weighted by Crippen LogP contribution is 2.43. The predicted octanol–water partition coefficient (Wildman–Crippen LogP) is 37.5.